The number of thioether (sulfide) groups is 1. The van der Waals surface area contributed by atoms with Gasteiger partial charge in [0.2, 0.25) is 12.2 Å². The Morgan fingerprint density at radius 3 is 2.65 bits per heavy atom. The number of alkyl carbamates (subject to hydrolysis) is 1. The van der Waals surface area contributed by atoms with Crippen LogP contribution in [-0.4, -0.2) is 55.2 Å². The molecule has 1 unspecified atom stereocenters. The maximum absolute atomic E-state index is 11.9. The molecule has 0 aliphatic rings. The molecule has 1 atom stereocenters. The molecule has 0 spiro atoms. The van der Waals surface area contributed by atoms with Gasteiger partial charge in [-0.3, -0.25) is 14.4 Å². The fourth-order valence-corrected chi connectivity index (χ4v) is 2.67. The smallest absolute Gasteiger partial charge is 0.407 e. The molecule has 0 radical (unpaired) electrons. The summed E-state index contributed by atoms with van der Waals surface area (Å²) in [6.07, 6.45) is 1.10. The number of ketones is 1. The number of esters is 1. The van der Waals surface area contributed by atoms with Crippen LogP contribution in [0.25, 0.3) is 0 Å². The molecule has 0 aliphatic heterocycles. The Bertz CT molecular complexity index is 742. The summed E-state index contributed by atoms with van der Waals surface area (Å²) in [6.45, 7) is 3.62. The fraction of sp³-hybridized carbons (Fsp3) is 0.524. The highest BCUT2D eigenvalue weighted by Gasteiger charge is 2.19. The second kappa shape index (κ2) is 15.1. The van der Waals surface area contributed by atoms with Gasteiger partial charge in [-0.1, -0.05) is 13.0 Å². The number of anilines is 1. The van der Waals surface area contributed by atoms with Crippen LogP contribution in [0.4, 0.5) is 10.5 Å². The highest BCUT2D eigenvalue weighted by atomic mass is 32.2. The van der Waals surface area contributed by atoms with Crippen molar-refractivity contribution < 1.29 is 33.4 Å². The van der Waals surface area contributed by atoms with Gasteiger partial charge in [0.15, 0.2) is 0 Å². The minimum absolute atomic E-state index is 0.0569. The van der Waals surface area contributed by atoms with E-state index < -0.39 is 18.4 Å². The molecule has 2 amide bonds. The Morgan fingerprint density at radius 1 is 1.19 bits per heavy atom. The van der Waals surface area contributed by atoms with Crippen LogP contribution in [0, 0.1) is 0 Å². The highest BCUT2D eigenvalue weighted by Crippen LogP contribution is 2.20. The number of carbonyl (C=O) groups is 4. The Morgan fingerprint density at radius 2 is 1.97 bits per heavy atom. The monoisotopic (exact) mass is 454 g/mol. The molecule has 0 heterocycles. The van der Waals surface area contributed by atoms with Crippen LogP contribution in [0.1, 0.15) is 39.5 Å². The molecule has 0 saturated heterocycles. The van der Waals surface area contributed by atoms with Crippen molar-refractivity contribution in [1.29, 1.82) is 0 Å². The molecule has 31 heavy (non-hydrogen) atoms. The number of hydrogen-bond acceptors (Lipinski definition) is 8. The zero-order valence-electron chi connectivity index (χ0n) is 18.1. The first-order chi connectivity index (χ1) is 14.8. The van der Waals surface area contributed by atoms with Gasteiger partial charge in [0.05, 0.1) is 6.42 Å². The highest BCUT2D eigenvalue weighted by molar-refractivity contribution is 7.98. The number of carbonyl (C=O) groups excluding carboxylic acids is 4. The summed E-state index contributed by atoms with van der Waals surface area (Å²) in [7, 11) is 0. The number of benzene rings is 1. The number of ether oxygens (including phenoxy) is 3. The number of rotatable bonds is 14. The van der Waals surface area contributed by atoms with Gasteiger partial charge in [0, 0.05) is 30.5 Å². The second-order valence-corrected chi connectivity index (χ2v) is 7.57. The summed E-state index contributed by atoms with van der Waals surface area (Å²) in [5.41, 5.74) is 0.535. The lowest BCUT2D eigenvalue weighted by Crippen LogP contribution is -2.29. The van der Waals surface area contributed by atoms with Crippen LogP contribution >= 0.6 is 11.8 Å². The van der Waals surface area contributed by atoms with E-state index in [0.717, 1.165) is 6.42 Å². The number of amides is 2. The maximum Gasteiger partial charge on any atom is 0.407 e. The first-order valence-electron chi connectivity index (χ1n) is 9.99. The lowest BCUT2D eigenvalue weighted by atomic mass is 10.3. The SMILES string of the molecule is CCCNC(=O)OCCC(OC(=O)CC(C)=O)Oc1cccc(NC(=O)CCSC)c1. The summed E-state index contributed by atoms with van der Waals surface area (Å²) in [5, 5.41) is 5.34. The third-order valence-corrected chi connectivity index (χ3v) is 4.29. The van der Waals surface area contributed by atoms with Crippen molar-refractivity contribution >= 4 is 41.2 Å². The van der Waals surface area contributed by atoms with E-state index in [1.807, 2.05) is 13.2 Å². The molecule has 1 aromatic carbocycles. The van der Waals surface area contributed by atoms with E-state index in [0.29, 0.717) is 30.2 Å². The molecule has 2 N–H and O–H groups in total. The number of hydrogen-bond donors (Lipinski definition) is 2. The lowest BCUT2D eigenvalue weighted by molar-refractivity contribution is -0.166. The van der Waals surface area contributed by atoms with Crippen molar-refractivity contribution in [3.05, 3.63) is 24.3 Å². The standard InChI is InChI=1S/C21H30N2O7S/c1-4-10-22-21(27)28-11-8-20(30-19(26)13-15(2)24)29-17-7-5-6-16(14-17)23-18(25)9-12-31-3/h5-7,14,20H,4,8-13H2,1-3H3,(H,22,27)(H,23,25). The first-order valence-corrected chi connectivity index (χ1v) is 11.4. The molecule has 1 aromatic rings. The van der Waals surface area contributed by atoms with E-state index in [-0.39, 0.29) is 31.1 Å². The van der Waals surface area contributed by atoms with Gasteiger partial charge in [-0.25, -0.2) is 4.79 Å². The predicted octanol–water partition coefficient (Wildman–Crippen LogP) is 3.13. The summed E-state index contributed by atoms with van der Waals surface area (Å²) < 4.78 is 16.0. The minimum Gasteiger partial charge on any atom is -0.455 e. The third kappa shape index (κ3) is 12.5. The largest absolute Gasteiger partial charge is 0.455 e. The first kappa shape index (κ1) is 26.3. The van der Waals surface area contributed by atoms with Gasteiger partial charge < -0.3 is 24.8 Å². The van der Waals surface area contributed by atoms with Crippen molar-refractivity contribution in [1.82, 2.24) is 5.32 Å². The van der Waals surface area contributed by atoms with Crippen molar-refractivity contribution in [2.24, 2.45) is 0 Å². The second-order valence-electron chi connectivity index (χ2n) is 6.59. The molecule has 0 aromatic heterocycles. The maximum atomic E-state index is 11.9. The van der Waals surface area contributed by atoms with Crippen LogP contribution < -0.4 is 15.4 Å². The van der Waals surface area contributed by atoms with Gasteiger partial charge in [-0.05, 0) is 31.7 Å². The van der Waals surface area contributed by atoms with Crippen molar-refractivity contribution in [2.45, 2.75) is 45.8 Å². The van der Waals surface area contributed by atoms with Crippen molar-refractivity contribution in [2.75, 3.05) is 30.5 Å². The summed E-state index contributed by atoms with van der Waals surface area (Å²) >= 11 is 1.58. The molecule has 0 saturated carbocycles. The van der Waals surface area contributed by atoms with E-state index in [4.69, 9.17) is 14.2 Å². The zero-order valence-corrected chi connectivity index (χ0v) is 18.9. The molecule has 0 aliphatic carbocycles. The van der Waals surface area contributed by atoms with Crippen LogP contribution in [0.15, 0.2) is 24.3 Å². The Kier molecular flexibility index (Phi) is 12.8. The summed E-state index contributed by atoms with van der Waals surface area (Å²) in [6, 6.07) is 6.63. The van der Waals surface area contributed by atoms with Crippen LogP contribution in [0.5, 0.6) is 5.75 Å². The molecule has 1 rings (SSSR count). The van der Waals surface area contributed by atoms with E-state index >= 15 is 0 Å². The average Bonchev–Trinajstić information content (AvgIpc) is 2.70. The van der Waals surface area contributed by atoms with Crippen molar-refractivity contribution in [3.63, 3.8) is 0 Å². The quantitative estimate of drug-likeness (QED) is 0.250. The number of nitrogens with one attached hydrogen (secondary N) is 2. The topological polar surface area (TPSA) is 120 Å². The van der Waals surface area contributed by atoms with Gasteiger partial charge in [0.1, 0.15) is 24.6 Å². The minimum atomic E-state index is -1.08. The Balaban J connectivity index is 2.73. The summed E-state index contributed by atoms with van der Waals surface area (Å²) in [5.74, 6) is -0.147. The lowest BCUT2D eigenvalue weighted by Gasteiger charge is -2.20. The molecule has 0 fully saturated rings. The fourth-order valence-electron chi connectivity index (χ4n) is 2.28. The van der Waals surface area contributed by atoms with Crippen LogP contribution in [-0.2, 0) is 23.9 Å². The van der Waals surface area contributed by atoms with Gasteiger partial charge in [0.25, 0.3) is 0 Å². The number of Topliss-reactive ketones (excluding diaryl/α,β-unsaturated/α-hetero) is 1. The van der Waals surface area contributed by atoms with E-state index in [9.17, 15) is 19.2 Å². The van der Waals surface area contributed by atoms with E-state index in [1.54, 1.807) is 36.0 Å². The molecule has 9 nitrogen and oxygen atoms in total. The molecular weight excluding hydrogens is 424 g/mol. The summed E-state index contributed by atoms with van der Waals surface area (Å²) in [4.78, 5) is 46.5. The van der Waals surface area contributed by atoms with Crippen LogP contribution in [0.2, 0.25) is 0 Å². The molecule has 10 heteroatoms. The molecule has 172 valence electrons. The van der Waals surface area contributed by atoms with Gasteiger partial charge >= 0.3 is 12.1 Å². The zero-order chi connectivity index (χ0) is 23.1. The van der Waals surface area contributed by atoms with Crippen molar-refractivity contribution in [3.8, 4) is 5.75 Å². The predicted molar refractivity (Wildman–Crippen MR) is 118 cm³/mol. The average molecular weight is 455 g/mol. The Labute approximate surface area is 186 Å². The van der Waals surface area contributed by atoms with Gasteiger partial charge in [-0.2, -0.15) is 11.8 Å². The molecular formula is C21H30N2O7S. The van der Waals surface area contributed by atoms with Gasteiger partial charge in [-0.15, -0.1) is 0 Å². The Hall–Kier alpha value is -2.75. The molecule has 0 bridgehead atoms. The third-order valence-electron chi connectivity index (χ3n) is 3.68. The normalized spacial score (nSPS) is 11.2. The van der Waals surface area contributed by atoms with E-state index in [2.05, 4.69) is 10.6 Å². The van der Waals surface area contributed by atoms with E-state index in [1.165, 1.54) is 6.92 Å². The van der Waals surface area contributed by atoms with Crippen LogP contribution in [0.3, 0.4) is 0 Å².